The summed E-state index contributed by atoms with van der Waals surface area (Å²) < 4.78 is 0. The summed E-state index contributed by atoms with van der Waals surface area (Å²) in [5.74, 6) is 0.00346. The van der Waals surface area contributed by atoms with Crippen LogP contribution in [0.25, 0.3) is 10.8 Å². The zero-order valence-corrected chi connectivity index (χ0v) is 16.1. The van der Waals surface area contributed by atoms with Gasteiger partial charge in [-0.05, 0) is 59.7 Å². The van der Waals surface area contributed by atoms with Crippen molar-refractivity contribution in [1.82, 2.24) is 5.32 Å². The first-order valence-electron chi connectivity index (χ1n) is 10.0. The van der Waals surface area contributed by atoms with E-state index < -0.39 is 0 Å². The van der Waals surface area contributed by atoms with E-state index in [9.17, 15) is 4.79 Å². The Kier molecular flexibility index (Phi) is 3.91. The molecule has 1 unspecified atom stereocenters. The molecule has 4 nitrogen and oxygen atoms in total. The van der Waals surface area contributed by atoms with E-state index in [2.05, 4.69) is 59.2 Å². The van der Waals surface area contributed by atoms with Gasteiger partial charge in [0, 0.05) is 23.8 Å². The average molecular weight is 371 g/mol. The number of aryl methyl sites for hydroxylation is 1. The maximum atomic E-state index is 13.2. The molecule has 1 heterocycles. The molecule has 1 amide bonds. The van der Waals surface area contributed by atoms with Crippen molar-refractivity contribution in [2.75, 3.05) is 11.9 Å². The van der Waals surface area contributed by atoms with Crippen molar-refractivity contribution >= 4 is 22.4 Å². The monoisotopic (exact) mass is 371 g/mol. The Morgan fingerprint density at radius 3 is 2.75 bits per heavy atom. The molecule has 1 fully saturated rings. The van der Waals surface area contributed by atoms with Crippen LogP contribution in [0.2, 0.25) is 0 Å². The number of nitrogens with one attached hydrogen (secondary N) is 2. The van der Waals surface area contributed by atoms with Gasteiger partial charge in [0.15, 0.2) is 0 Å². The second-order valence-electron chi connectivity index (χ2n) is 8.17. The van der Waals surface area contributed by atoms with Crippen molar-refractivity contribution in [2.24, 2.45) is 5.73 Å². The number of benzene rings is 3. The Bertz CT molecular complexity index is 1080. The van der Waals surface area contributed by atoms with Crippen LogP contribution in [0.15, 0.2) is 54.6 Å². The molecular weight excluding hydrogens is 346 g/mol. The number of carbonyl (C=O) groups excluding carboxylic acids is 1. The molecule has 1 atom stereocenters. The van der Waals surface area contributed by atoms with Gasteiger partial charge in [0.05, 0.1) is 5.54 Å². The van der Waals surface area contributed by atoms with Gasteiger partial charge >= 0.3 is 0 Å². The van der Waals surface area contributed by atoms with Crippen LogP contribution in [0.3, 0.4) is 0 Å². The summed E-state index contributed by atoms with van der Waals surface area (Å²) in [6.45, 7) is 2.61. The molecule has 4 heteroatoms. The first-order chi connectivity index (χ1) is 13.6. The molecule has 0 bridgehead atoms. The third kappa shape index (κ3) is 2.76. The van der Waals surface area contributed by atoms with E-state index in [1.807, 2.05) is 13.0 Å². The molecule has 0 aromatic heterocycles. The average Bonchev–Trinajstić information content (AvgIpc) is 3.37. The van der Waals surface area contributed by atoms with Crippen LogP contribution in [-0.2, 0) is 12.0 Å². The fourth-order valence-corrected chi connectivity index (χ4v) is 4.51. The van der Waals surface area contributed by atoms with Gasteiger partial charge in [-0.1, -0.05) is 48.5 Å². The molecule has 4 N–H and O–H groups in total. The number of nitrogens with two attached hydrogens (primary N) is 1. The van der Waals surface area contributed by atoms with Crippen molar-refractivity contribution in [3.05, 3.63) is 76.9 Å². The molecule has 28 heavy (non-hydrogen) atoms. The number of fused-ring (bicyclic) bond motifs is 2. The van der Waals surface area contributed by atoms with E-state index in [1.165, 1.54) is 21.9 Å². The van der Waals surface area contributed by atoms with Crippen molar-refractivity contribution in [3.63, 3.8) is 0 Å². The van der Waals surface area contributed by atoms with Gasteiger partial charge in [0.1, 0.15) is 0 Å². The van der Waals surface area contributed by atoms with Gasteiger partial charge in [-0.15, -0.1) is 0 Å². The van der Waals surface area contributed by atoms with Crippen molar-refractivity contribution in [1.29, 1.82) is 0 Å². The lowest BCUT2D eigenvalue weighted by atomic mass is 9.96. The number of anilines is 1. The number of rotatable bonds is 4. The molecule has 0 radical (unpaired) electrons. The lowest BCUT2D eigenvalue weighted by Gasteiger charge is -2.21. The number of hydrogen-bond donors (Lipinski definition) is 3. The van der Waals surface area contributed by atoms with Crippen molar-refractivity contribution in [3.8, 4) is 0 Å². The first-order valence-corrected chi connectivity index (χ1v) is 10.0. The standard InChI is InChI=1S/C24H25N3O/c1-15-11-17-12-18(14-25)26-22(17)13-20(15)23(28)27-24(9-10-24)21-8-4-6-16-5-2-3-7-19(16)21/h2-8,11,13,18,26H,9-10,12,14,25H2,1H3,(H,27,28). The lowest BCUT2D eigenvalue weighted by Crippen LogP contribution is -2.35. The Labute approximate surface area is 165 Å². The molecule has 2 aliphatic rings. The van der Waals surface area contributed by atoms with Crippen LogP contribution < -0.4 is 16.4 Å². The minimum atomic E-state index is -0.253. The summed E-state index contributed by atoms with van der Waals surface area (Å²) in [5.41, 5.74) is 10.8. The normalized spacial score (nSPS) is 19.1. The van der Waals surface area contributed by atoms with Crippen LogP contribution in [0.4, 0.5) is 5.69 Å². The third-order valence-electron chi connectivity index (χ3n) is 6.21. The SMILES string of the molecule is Cc1cc2c(cc1C(=O)NC1(c3cccc4ccccc34)CC1)NC(CN)C2. The first kappa shape index (κ1) is 17.3. The summed E-state index contributed by atoms with van der Waals surface area (Å²) in [4.78, 5) is 13.2. The maximum Gasteiger partial charge on any atom is 0.252 e. The largest absolute Gasteiger partial charge is 0.380 e. The minimum absolute atomic E-state index is 0.00346. The fourth-order valence-electron chi connectivity index (χ4n) is 4.51. The fraction of sp³-hybridized carbons (Fsp3) is 0.292. The minimum Gasteiger partial charge on any atom is -0.380 e. The summed E-state index contributed by atoms with van der Waals surface area (Å²) in [6.07, 6.45) is 2.88. The van der Waals surface area contributed by atoms with Crippen LogP contribution in [0.5, 0.6) is 0 Å². The molecule has 0 spiro atoms. The Balaban J connectivity index is 1.46. The van der Waals surface area contributed by atoms with Gasteiger partial charge in [-0.3, -0.25) is 4.79 Å². The molecule has 0 saturated heterocycles. The van der Waals surface area contributed by atoms with Crippen LogP contribution in [-0.4, -0.2) is 18.5 Å². The van der Waals surface area contributed by atoms with E-state index in [4.69, 9.17) is 5.73 Å². The molecule has 1 aliphatic carbocycles. The molecule has 5 rings (SSSR count). The lowest BCUT2D eigenvalue weighted by molar-refractivity contribution is 0.0930. The predicted molar refractivity (Wildman–Crippen MR) is 114 cm³/mol. The summed E-state index contributed by atoms with van der Waals surface area (Å²) >= 11 is 0. The van der Waals surface area contributed by atoms with Gasteiger partial charge < -0.3 is 16.4 Å². The Morgan fingerprint density at radius 1 is 1.18 bits per heavy atom. The van der Waals surface area contributed by atoms with Crippen molar-refractivity contribution < 1.29 is 4.79 Å². The smallest absolute Gasteiger partial charge is 0.252 e. The van der Waals surface area contributed by atoms with Crippen molar-refractivity contribution in [2.45, 2.75) is 37.8 Å². The molecule has 3 aromatic carbocycles. The maximum absolute atomic E-state index is 13.2. The second-order valence-corrected chi connectivity index (χ2v) is 8.17. The topological polar surface area (TPSA) is 67.2 Å². The highest BCUT2D eigenvalue weighted by Crippen LogP contribution is 2.48. The highest BCUT2D eigenvalue weighted by molar-refractivity contribution is 5.98. The molecule has 142 valence electrons. The van der Waals surface area contributed by atoms with Crippen LogP contribution in [0.1, 0.15) is 39.9 Å². The zero-order valence-electron chi connectivity index (χ0n) is 16.1. The number of hydrogen-bond acceptors (Lipinski definition) is 3. The van der Waals surface area contributed by atoms with E-state index in [0.29, 0.717) is 6.54 Å². The highest BCUT2D eigenvalue weighted by atomic mass is 16.1. The summed E-state index contributed by atoms with van der Waals surface area (Å²) in [5, 5.41) is 9.23. The highest BCUT2D eigenvalue weighted by Gasteiger charge is 2.46. The van der Waals surface area contributed by atoms with Gasteiger partial charge in [-0.25, -0.2) is 0 Å². The van der Waals surface area contributed by atoms with Gasteiger partial charge in [0.25, 0.3) is 5.91 Å². The van der Waals surface area contributed by atoms with Gasteiger partial charge in [0.2, 0.25) is 0 Å². The van der Waals surface area contributed by atoms with Crippen LogP contribution in [0, 0.1) is 6.92 Å². The predicted octanol–water partition coefficient (Wildman–Crippen LogP) is 3.86. The number of carbonyl (C=O) groups is 1. The van der Waals surface area contributed by atoms with E-state index >= 15 is 0 Å². The summed E-state index contributed by atoms with van der Waals surface area (Å²) in [6, 6.07) is 19.1. The Morgan fingerprint density at radius 2 is 1.96 bits per heavy atom. The second kappa shape index (κ2) is 6.35. The molecule has 3 aromatic rings. The zero-order chi connectivity index (χ0) is 19.3. The number of amides is 1. The molecular formula is C24H25N3O. The quantitative estimate of drug-likeness (QED) is 0.652. The Hall–Kier alpha value is -2.85. The molecule has 1 saturated carbocycles. The van der Waals surface area contributed by atoms with E-state index in [1.54, 1.807) is 0 Å². The van der Waals surface area contributed by atoms with Gasteiger partial charge in [-0.2, -0.15) is 0 Å². The molecule has 1 aliphatic heterocycles. The van der Waals surface area contributed by atoms with Crippen LogP contribution >= 0.6 is 0 Å². The summed E-state index contributed by atoms with van der Waals surface area (Å²) in [7, 11) is 0. The van der Waals surface area contributed by atoms with E-state index in [0.717, 1.165) is 36.1 Å². The van der Waals surface area contributed by atoms with E-state index in [-0.39, 0.29) is 17.5 Å². The third-order valence-corrected chi connectivity index (χ3v) is 6.21.